The second kappa shape index (κ2) is 12.3. The Morgan fingerprint density at radius 1 is 0.923 bits per heavy atom. The van der Waals surface area contributed by atoms with Crippen LogP contribution in [-0.2, 0) is 20.3 Å². The van der Waals surface area contributed by atoms with Gasteiger partial charge in [-0.1, -0.05) is 0 Å². The van der Waals surface area contributed by atoms with Gasteiger partial charge in [-0.3, -0.25) is 0 Å². The first-order valence-corrected chi connectivity index (χ1v) is 16.6. The first-order valence-electron chi connectivity index (χ1n) is 13.3. The topological polar surface area (TPSA) is 61.3 Å². The minimum absolute atomic E-state index is 0.268. The zero-order chi connectivity index (χ0) is 27.2. The molecule has 2 aliphatic rings. The van der Waals surface area contributed by atoms with E-state index in [2.05, 4.69) is 38.2 Å². The van der Waals surface area contributed by atoms with E-state index in [1.807, 2.05) is 60.7 Å². The van der Waals surface area contributed by atoms with Crippen LogP contribution >= 0.6 is 11.6 Å². The second-order valence-corrected chi connectivity index (χ2v) is 15.6. The predicted molar refractivity (Wildman–Crippen MR) is 153 cm³/mol. The second-order valence-electron chi connectivity index (χ2n) is 10.0. The molecule has 2 aliphatic carbocycles. The summed E-state index contributed by atoms with van der Waals surface area (Å²) in [7, 11) is 0. The van der Waals surface area contributed by atoms with E-state index in [1.54, 1.807) is 12.1 Å². The molecule has 0 fully saturated rings. The predicted octanol–water partition coefficient (Wildman–Crippen LogP) is 7.46. The summed E-state index contributed by atoms with van der Waals surface area (Å²) >= 11 is 2.91. The summed E-state index contributed by atoms with van der Waals surface area (Å²) in [5.74, 6) is 0.945. The van der Waals surface area contributed by atoms with Crippen molar-refractivity contribution >= 4 is 21.4 Å². The first kappa shape index (κ1) is 27.3. The number of aromatic nitrogens is 2. The number of hydrogen-bond donors (Lipinski definition) is 0. The molecule has 5 rings (SSSR count). The summed E-state index contributed by atoms with van der Waals surface area (Å²) in [4.78, 5) is 23.5. The van der Waals surface area contributed by atoms with Gasteiger partial charge in [0.1, 0.15) is 0 Å². The minimum atomic E-state index is -4.22. The molecule has 0 aliphatic heterocycles. The molecule has 2 aromatic carbocycles. The van der Waals surface area contributed by atoms with Gasteiger partial charge in [-0.2, -0.15) is 0 Å². The maximum atomic E-state index is 13.8. The van der Waals surface area contributed by atoms with Crippen LogP contribution in [0.1, 0.15) is 43.5 Å². The molecule has 3 aromatic rings. The molecule has 7 heteroatoms. The van der Waals surface area contributed by atoms with Crippen molar-refractivity contribution in [3.05, 3.63) is 116 Å². The molecule has 1 heterocycles. The molecule has 0 N–H and O–H groups in total. The molecular weight excluding hydrogens is 544 g/mol. The van der Waals surface area contributed by atoms with Crippen LogP contribution in [0.5, 0.6) is 5.88 Å². The molecule has 0 amide bonds. The van der Waals surface area contributed by atoms with Gasteiger partial charge in [0.25, 0.3) is 0 Å². The van der Waals surface area contributed by atoms with Gasteiger partial charge in [0.05, 0.1) is 0 Å². The third-order valence-corrected chi connectivity index (χ3v) is 13.9. The standard InChI is InChI=1S/C15H16ClN2O.C7H6O2.2C5H5.Ti/c1-11(2)8-9-19-14-10-13(16)17-15(18-14)12-6-4-3-5-7-12;8-7(9)6-4-2-1-3-5-6;2*1-2-4-5-3-1;/h3-7,11H,8-9H2,1-2H3;1-5H,(H,8,9);2*1-3H,4H2;/q;;;;+1/p-1. The Balaban J connectivity index is 1.72. The number of carbonyl (C=O) groups is 1. The SMILES string of the molecule is CC(C)CCOc1nc(-c2ccccc2)nc(Cl)[c]1[Ti]([O]C(=O)c1ccccc1)([C]1=CC=CC1)[C]1=CC=CC1. The Hall–Kier alpha value is -3.25. The van der Waals surface area contributed by atoms with Gasteiger partial charge in [-0.25, -0.2) is 0 Å². The molecule has 1 aromatic heterocycles. The summed E-state index contributed by atoms with van der Waals surface area (Å²) in [6.07, 6.45) is 14.5. The molecule has 0 saturated heterocycles. The van der Waals surface area contributed by atoms with E-state index in [9.17, 15) is 4.79 Å². The van der Waals surface area contributed by atoms with E-state index in [1.165, 1.54) is 0 Å². The van der Waals surface area contributed by atoms with Crippen LogP contribution < -0.4 is 8.61 Å². The molecule has 0 unspecified atom stereocenters. The average Bonchev–Trinajstić information content (AvgIpc) is 3.68. The monoisotopic (exact) mass is 574 g/mol. The Labute approximate surface area is 238 Å². The zero-order valence-corrected chi connectivity index (χ0v) is 24.5. The van der Waals surface area contributed by atoms with Crippen molar-refractivity contribution in [2.45, 2.75) is 33.1 Å². The number of rotatable bonds is 10. The van der Waals surface area contributed by atoms with Crippen LogP contribution in [0.3, 0.4) is 0 Å². The van der Waals surface area contributed by atoms with Gasteiger partial charge in [0.2, 0.25) is 0 Å². The Kier molecular flexibility index (Phi) is 8.61. The van der Waals surface area contributed by atoms with Gasteiger partial charge in [-0.15, -0.1) is 0 Å². The summed E-state index contributed by atoms with van der Waals surface area (Å²) in [5.41, 5.74) is 1.33. The van der Waals surface area contributed by atoms with Crippen molar-refractivity contribution < 1.29 is 29.8 Å². The molecule has 198 valence electrons. The maximum absolute atomic E-state index is 13.8. The van der Waals surface area contributed by atoms with Gasteiger partial charge in [0.15, 0.2) is 0 Å². The number of ether oxygens (including phenoxy) is 1. The van der Waals surface area contributed by atoms with Gasteiger partial charge < -0.3 is 0 Å². The van der Waals surface area contributed by atoms with E-state index < -0.39 is 17.0 Å². The molecule has 0 bridgehead atoms. The first-order chi connectivity index (χ1) is 19.0. The average molecular weight is 575 g/mol. The van der Waals surface area contributed by atoms with Crippen LogP contribution in [0.15, 0.2) is 105 Å². The van der Waals surface area contributed by atoms with Crippen LogP contribution in [0.4, 0.5) is 0 Å². The fourth-order valence-electron chi connectivity index (χ4n) is 4.82. The third kappa shape index (κ3) is 5.86. The molecule has 39 heavy (non-hydrogen) atoms. The fourth-order valence-corrected chi connectivity index (χ4v) is 11.9. The molecule has 0 spiro atoms. The summed E-state index contributed by atoms with van der Waals surface area (Å²) < 4.78 is 15.9. The van der Waals surface area contributed by atoms with Gasteiger partial charge >= 0.3 is 240 Å². The van der Waals surface area contributed by atoms with Crippen molar-refractivity contribution in [1.82, 2.24) is 9.97 Å². The Morgan fingerprint density at radius 2 is 1.54 bits per heavy atom. The molecule has 0 atom stereocenters. The van der Waals surface area contributed by atoms with E-state index in [0.29, 0.717) is 46.5 Å². The van der Waals surface area contributed by atoms with Gasteiger partial charge in [-0.05, 0) is 0 Å². The molecule has 0 saturated carbocycles. The van der Waals surface area contributed by atoms with Crippen molar-refractivity contribution in [1.29, 1.82) is 0 Å². The van der Waals surface area contributed by atoms with E-state index >= 15 is 0 Å². The van der Waals surface area contributed by atoms with Crippen LogP contribution in [0, 0.1) is 5.92 Å². The molecule has 5 nitrogen and oxygen atoms in total. The van der Waals surface area contributed by atoms with Gasteiger partial charge in [0, 0.05) is 0 Å². The van der Waals surface area contributed by atoms with E-state index in [0.717, 1.165) is 19.7 Å². The summed E-state index contributed by atoms with van der Waals surface area (Å²) in [6.45, 7) is 4.77. The van der Waals surface area contributed by atoms with Crippen LogP contribution in [-0.4, -0.2) is 22.5 Å². The molecular formula is C32H31ClN2O3Ti. The Morgan fingerprint density at radius 3 is 2.10 bits per heavy atom. The van der Waals surface area contributed by atoms with Crippen LogP contribution in [0.2, 0.25) is 5.15 Å². The normalized spacial score (nSPS) is 14.5. The molecule has 0 radical (unpaired) electrons. The number of allylic oxidation sites excluding steroid dienone is 8. The number of nitrogens with zero attached hydrogens (tertiary/aromatic N) is 2. The van der Waals surface area contributed by atoms with Crippen molar-refractivity contribution in [3.63, 3.8) is 0 Å². The number of halogens is 1. The quantitative estimate of drug-likeness (QED) is 0.186. The number of benzene rings is 2. The summed E-state index contributed by atoms with van der Waals surface area (Å²) in [5, 5.41) is 0.268. The van der Waals surface area contributed by atoms with Crippen molar-refractivity contribution in [2.24, 2.45) is 5.92 Å². The number of carbonyl (C=O) groups excluding carboxylic acids is 1. The number of hydrogen-bond acceptors (Lipinski definition) is 5. The zero-order valence-electron chi connectivity index (χ0n) is 22.1. The van der Waals surface area contributed by atoms with E-state index in [-0.39, 0.29) is 11.1 Å². The third-order valence-electron chi connectivity index (χ3n) is 6.85. The van der Waals surface area contributed by atoms with Crippen molar-refractivity contribution in [3.8, 4) is 17.3 Å². The van der Waals surface area contributed by atoms with E-state index in [4.69, 9.17) is 29.6 Å². The van der Waals surface area contributed by atoms with Crippen molar-refractivity contribution in [2.75, 3.05) is 6.61 Å². The van der Waals surface area contributed by atoms with Crippen LogP contribution in [0.25, 0.3) is 11.4 Å². The fraction of sp³-hybridized carbons (Fsp3) is 0.219. The summed E-state index contributed by atoms with van der Waals surface area (Å²) in [6, 6.07) is 18.8. The Bertz CT molecular complexity index is 1430.